The Morgan fingerprint density at radius 1 is 1.04 bits per heavy atom. The van der Waals surface area contributed by atoms with E-state index in [0.29, 0.717) is 6.61 Å². The Kier molecular flexibility index (Phi) is 7.35. The van der Waals surface area contributed by atoms with Crippen molar-refractivity contribution in [2.75, 3.05) is 40.0 Å². The molecule has 0 aliphatic carbocycles. The fraction of sp³-hybridized carbons (Fsp3) is 0.429. The van der Waals surface area contributed by atoms with Crippen molar-refractivity contribution in [2.24, 2.45) is 0 Å². The molecule has 3 rings (SSSR count). The lowest BCUT2D eigenvalue weighted by molar-refractivity contribution is 0.0374. The molecule has 0 saturated carbocycles. The number of ether oxygens (including phenoxy) is 3. The Morgan fingerprint density at radius 3 is 2.65 bits per heavy atom. The Bertz CT molecular complexity index is 701. The summed E-state index contributed by atoms with van der Waals surface area (Å²) in [5.41, 5.74) is 2.40. The number of hydrogen-bond donors (Lipinski definition) is 0. The quantitative estimate of drug-likeness (QED) is 0.637. The number of morpholine rings is 1. The van der Waals surface area contributed by atoms with Crippen molar-refractivity contribution < 1.29 is 14.2 Å². The molecule has 1 heterocycles. The summed E-state index contributed by atoms with van der Waals surface area (Å²) in [6.45, 7) is 5.45. The highest BCUT2D eigenvalue weighted by molar-refractivity contribution is 9.10. The van der Waals surface area contributed by atoms with E-state index >= 15 is 0 Å². The predicted octanol–water partition coefficient (Wildman–Crippen LogP) is 4.30. The first-order valence-electron chi connectivity index (χ1n) is 9.09. The molecule has 2 aromatic carbocycles. The molecular weight excluding hydrogens is 394 g/mol. The molecule has 0 spiro atoms. The van der Waals surface area contributed by atoms with Crippen LogP contribution >= 0.6 is 15.9 Å². The molecule has 1 saturated heterocycles. The molecule has 0 amide bonds. The molecule has 4 nitrogen and oxygen atoms in total. The molecule has 1 fully saturated rings. The van der Waals surface area contributed by atoms with Crippen molar-refractivity contribution in [1.82, 2.24) is 4.90 Å². The minimum absolute atomic E-state index is 0.520. The van der Waals surface area contributed by atoms with Gasteiger partial charge in [0.2, 0.25) is 0 Å². The van der Waals surface area contributed by atoms with E-state index < -0.39 is 0 Å². The van der Waals surface area contributed by atoms with Crippen LogP contribution in [0.25, 0.3) is 0 Å². The summed E-state index contributed by atoms with van der Waals surface area (Å²) in [5.74, 6) is 1.58. The van der Waals surface area contributed by atoms with Crippen molar-refractivity contribution in [1.29, 1.82) is 0 Å². The monoisotopic (exact) mass is 419 g/mol. The molecule has 2 aromatic rings. The van der Waals surface area contributed by atoms with Crippen LogP contribution in [0.4, 0.5) is 0 Å². The number of methoxy groups -OCH3 is 1. The molecule has 0 bridgehead atoms. The summed E-state index contributed by atoms with van der Waals surface area (Å²) in [6.07, 6.45) is 2.18. The van der Waals surface area contributed by atoms with Crippen LogP contribution in [0.2, 0.25) is 0 Å². The molecule has 0 aromatic heterocycles. The molecule has 0 radical (unpaired) electrons. The maximum atomic E-state index is 5.96. The van der Waals surface area contributed by atoms with Gasteiger partial charge in [-0.05, 0) is 54.8 Å². The standard InChI is InChI=1S/C21H26BrNO3/c1-24-21-15-17(5-3-9-23-10-12-25-13-11-23)7-8-20(21)26-16-18-4-2-6-19(22)14-18/h2,4,6-8,14-15H,3,5,9-13,16H2,1H3. The lowest BCUT2D eigenvalue weighted by Gasteiger charge is -2.26. The van der Waals surface area contributed by atoms with Gasteiger partial charge in [0.1, 0.15) is 6.61 Å². The Labute approximate surface area is 164 Å². The Hall–Kier alpha value is -1.56. The molecular formula is C21H26BrNO3. The topological polar surface area (TPSA) is 30.9 Å². The van der Waals surface area contributed by atoms with E-state index in [1.54, 1.807) is 7.11 Å². The van der Waals surface area contributed by atoms with Crippen molar-refractivity contribution in [3.8, 4) is 11.5 Å². The van der Waals surface area contributed by atoms with Crippen LogP contribution < -0.4 is 9.47 Å². The van der Waals surface area contributed by atoms with Crippen LogP contribution in [0.15, 0.2) is 46.9 Å². The van der Waals surface area contributed by atoms with Crippen LogP contribution in [0.5, 0.6) is 11.5 Å². The zero-order chi connectivity index (χ0) is 18.2. The molecule has 1 aliphatic rings. The van der Waals surface area contributed by atoms with Gasteiger partial charge in [0.15, 0.2) is 11.5 Å². The van der Waals surface area contributed by atoms with Gasteiger partial charge in [-0.1, -0.05) is 34.1 Å². The first kappa shape index (κ1) is 19.2. The fourth-order valence-electron chi connectivity index (χ4n) is 3.11. The number of benzene rings is 2. The van der Waals surface area contributed by atoms with Gasteiger partial charge in [-0.25, -0.2) is 0 Å². The van der Waals surface area contributed by atoms with Crippen LogP contribution in [-0.4, -0.2) is 44.9 Å². The van der Waals surface area contributed by atoms with E-state index in [9.17, 15) is 0 Å². The fourth-order valence-corrected chi connectivity index (χ4v) is 3.55. The summed E-state index contributed by atoms with van der Waals surface area (Å²) in [4.78, 5) is 2.47. The average molecular weight is 420 g/mol. The summed E-state index contributed by atoms with van der Waals surface area (Å²) in [5, 5.41) is 0. The van der Waals surface area contributed by atoms with E-state index in [0.717, 1.165) is 67.2 Å². The summed E-state index contributed by atoms with van der Waals surface area (Å²) >= 11 is 3.49. The van der Waals surface area contributed by atoms with Gasteiger partial charge in [0, 0.05) is 17.6 Å². The van der Waals surface area contributed by atoms with E-state index in [1.165, 1.54) is 5.56 Å². The van der Waals surface area contributed by atoms with E-state index in [1.807, 2.05) is 18.2 Å². The molecule has 1 aliphatic heterocycles. The second kappa shape index (κ2) is 9.95. The smallest absolute Gasteiger partial charge is 0.161 e. The van der Waals surface area contributed by atoms with Crippen molar-refractivity contribution in [3.05, 3.63) is 58.1 Å². The third kappa shape index (κ3) is 5.73. The van der Waals surface area contributed by atoms with Gasteiger partial charge in [0.05, 0.1) is 20.3 Å². The van der Waals surface area contributed by atoms with Crippen LogP contribution in [0.1, 0.15) is 17.5 Å². The van der Waals surface area contributed by atoms with Crippen molar-refractivity contribution in [2.45, 2.75) is 19.4 Å². The van der Waals surface area contributed by atoms with E-state index in [4.69, 9.17) is 14.2 Å². The highest BCUT2D eigenvalue weighted by atomic mass is 79.9. The van der Waals surface area contributed by atoms with Crippen molar-refractivity contribution in [3.63, 3.8) is 0 Å². The highest BCUT2D eigenvalue weighted by Gasteiger charge is 2.10. The van der Waals surface area contributed by atoms with Gasteiger partial charge in [-0.15, -0.1) is 0 Å². The maximum absolute atomic E-state index is 5.96. The Balaban J connectivity index is 1.53. The lowest BCUT2D eigenvalue weighted by atomic mass is 10.1. The largest absolute Gasteiger partial charge is 0.493 e. The second-order valence-electron chi connectivity index (χ2n) is 6.46. The second-order valence-corrected chi connectivity index (χ2v) is 7.38. The van der Waals surface area contributed by atoms with Gasteiger partial charge < -0.3 is 14.2 Å². The van der Waals surface area contributed by atoms with Gasteiger partial charge in [0.25, 0.3) is 0 Å². The first-order valence-corrected chi connectivity index (χ1v) is 9.88. The zero-order valence-electron chi connectivity index (χ0n) is 15.2. The normalized spacial score (nSPS) is 15.0. The van der Waals surface area contributed by atoms with E-state index in [-0.39, 0.29) is 0 Å². The molecule has 0 atom stereocenters. The first-order chi connectivity index (χ1) is 12.7. The van der Waals surface area contributed by atoms with Gasteiger partial charge >= 0.3 is 0 Å². The highest BCUT2D eigenvalue weighted by Crippen LogP contribution is 2.29. The van der Waals surface area contributed by atoms with Gasteiger partial charge in [-0.2, -0.15) is 0 Å². The minimum atomic E-state index is 0.520. The average Bonchev–Trinajstić information content (AvgIpc) is 2.67. The molecule has 5 heteroatoms. The molecule has 140 valence electrons. The number of rotatable bonds is 8. The zero-order valence-corrected chi connectivity index (χ0v) is 16.8. The lowest BCUT2D eigenvalue weighted by Crippen LogP contribution is -2.36. The SMILES string of the molecule is COc1cc(CCCN2CCOCC2)ccc1OCc1cccc(Br)c1. The summed E-state index contributed by atoms with van der Waals surface area (Å²) in [7, 11) is 1.69. The van der Waals surface area contributed by atoms with Crippen molar-refractivity contribution >= 4 is 15.9 Å². The number of nitrogens with zero attached hydrogens (tertiary/aromatic N) is 1. The summed E-state index contributed by atoms with van der Waals surface area (Å²) in [6, 6.07) is 14.4. The minimum Gasteiger partial charge on any atom is -0.493 e. The third-order valence-corrected chi connectivity index (χ3v) is 5.05. The third-order valence-electron chi connectivity index (χ3n) is 4.55. The molecule has 0 N–H and O–H groups in total. The number of aryl methyl sites for hydroxylation is 1. The molecule has 0 unspecified atom stereocenters. The maximum Gasteiger partial charge on any atom is 0.161 e. The predicted molar refractivity (Wildman–Crippen MR) is 107 cm³/mol. The van der Waals surface area contributed by atoms with Crippen LogP contribution in [-0.2, 0) is 17.8 Å². The Morgan fingerprint density at radius 2 is 1.88 bits per heavy atom. The summed E-state index contributed by atoms with van der Waals surface area (Å²) < 4.78 is 17.9. The number of halogens is 1. The molecule has 26 heavy (non-hydrogen) atoms. The van der Waals surface area contributed by atoms with Gasteiger partial charge in [-0.3, -0.25) is 4.90 Å². The number of hydrogen-bond acceptors (Lipinski definition) is 4. The van der Waals surface area contributed by atoms with Crippen LogP contribution in [0, 0.1) is 0 Å². The van der Waals surface area contributed by atoms with E-state index in [2.05, 4.69) is 45.1 Å². The van der Waals surface area contributed by atoms with Crippen LogP contribution in [0.3, 0.4) is 0 Å².